The molecule has 2 unspecified atom stereocenters. The van der Waals surface area contributed by atoms with Gasteiger partial charge in [-0.3, -0.25) is 0 Å². The van der Waals surface area contributed by atoms with Crippen molar-refractivity contribution in [3.63, 3.8) is 0 Å². The third kappa shape index (κ3) is 4.63. The van der Waals surface area contributed by atoms with E-state index in [0.717, 1.165) is 13.1 Å². The highest BCUT2D eigenvalue weighted by atomic mass is 15.1. The first-order valence-corrected chi connectivity index (χ1v) is 5.43. The molecule has 0 heterocycles. The number of rotatable bonds is 6. The summed E-state index contributed by atoms with van der Waals surface area (Å²) >= 11 is 0. The van der Waals surface area contributed by atoms with E-state index < -0.39 is 0 Å². The minimum Gasteiger partial charge on any atom is -0.317 e. The maximum atomic E-state index is 3.40. The lowest BCUT2D eigenvalue weighted by atomic mass is 10.0. The standard InChI is InChI=1S/C11H26N2/c1-7-12-8-10(4)11(5)13(6)9(2)3/h9-12H,7-8H2,1-6H3. The highest BCUT2D eigenvalue weighted by Crippen LogP contribution is 2.10. The largest absolute Gasteiger partial charge is 0.317 e. The van der Waals surface area contributed by atoms with Crippen LogP contribution in [0.4, 0.5) is 0 Å². The molecule has 0 bridgehead atoms. The second-order valence-electron chi connectivity index (χ2n) is 4.28. The highest BCUT2D eigenvalue weighted by Gasteiger charge is 2.17. The van der Waals surface area contributed by atoms with Crippen LogP contribution in [-0.2, 0) is 0 Å². The molecule has 0 aromatic heterocycles. The molecule has 0 radical (unpaired) electrons. The van der Waals surface area contributed by atoms with E-state index >= 15 is 0 Å². The van der Waals surface area contributed by atoms with Crippen LogP contribution in [0, 0.1) is 5.92 Å². The smallest absolute Gasteiger partial charge is 0.0104 e. The Bertz CT molecular complexity index is 123. The van der Waals surface area contributed by atoms with E-state index in [4.69, 9.17) is 0 Å². The summed E-state index contributed by atoms with van der Waals surface area (Å²) in [5, 5.41) is 3.40. The maximum absolute atomic E-state index is 3.40. The summed E-state index contributed by atoms with van der Waals surface area (Å²) in [6.45, 7) is 13.5. The minimum atomic E-state index is 0.638. The SMILES string of the molecule is CCNCC(C)C(C)N(C)C(C)C. The van der Waals surface area contributed by atoms with Gasteiger partial charge in [0.05, 0.1) is 0 Å². The van der Waals surface area contributed by atoms with Crippen LogP contribution < -0.4 is 5.32 Å². The van der Waals surface area contributed by atoms with Crippen LogP contribution >= 0.6 is 0 Å². The second kappa shape index (κ2) is 6.39. The molecule has 1 N–H and O–H groups in total. The Labute approximate surface area is 83.7 Å². The quantitative estimate of drug-likeness (QED) is 0.682. The Morgan fingerprint density at radius 1 is 1.15 bits per heavy atom. The van der Waals surface area contributed by atoms with Crippen LogP contribution in [0.25, 0.3) is 0 Å². The van der Waals surface area contributed by atoms with E-state index in [0.29, 0.717) is 18.0 Å². The number of hydrogen-bond donors (Lipinski definition) is 1. The molecule has 0 aliphatic heterocycles. The topological polar surface area (TPSA) is 15.3 Å². The van der Waals surface area contributed by atoms with E-state index in [1.54, 1.807) is 0 Å². The summed E-state index contributed by atoms with van der Waals surface area (Å²) < 4.78 is 0. The van der Waals surface area contributed by atoms with Gasteiger partial charge in [0.25, 0.3) is 0 Å². The third-order valence-electron chi connectivity index (χ3n) is 3.00. The first kappa shape index (κ1) is 12.9. The molecule has 0 rings (SSSR count). The second-order valence-corrected chi connectivity index (χ2v) is 4.28. The Morgan fingerprint density at radius 2 is 1.69 bits per heavy atom. The van der Waals surface area contributed by atoms with E-state index in [9.17, 15) is 0 Å². The van der Waals surface area contributed by atoms with Gasteiger partial charge in [-0.1, -0.05) is 13.8 Å². The molecule has 0 amide bonds. The average molecular weight is 186 g/mol. The van der Waals surface area contributed by atoms with Gasteiger partial charge in [-0.05, 0) is 46.8 Å². The van der Waals surface area contributed by atoms with Crippen LogP contribution in [0.5, 0.6) is 0 Å². The molecule has 2 atom stereocenters. The lowest BCUT2D eigenvalue weighted by Gasteiger charge is -2.33. The predicted molar refractivity (Wildman–Crippen MR) is 60.1 cm³/mol. The summed E-state index contributed by atoms with van der Waals surface area (Å²) in [5.74, 6) is 0.715. The normalized spacial score (nSPS) is 16.6. The molecule has 0 saturated heterocycles. The van der Waals surface area contributed by atoms with Crippen molar-refractivity contribution in [2.45, 2.75) is 46.7 Å². The van der Waals surface area contributed by atoms with Gasteiger partial charge in [0.2, 0.25) is 0 Å². The van der Waals surface area contributed by atoms with Crippen LogP contribution in [0.15, 0.2) is 0 Å². The molecular weight excluding hydrogens is 160 g/mol. The Morgan fingerprint density at radius 3 is 2.08 bits per heavy atom. The number of hydrogen-bond acceptors (Lipinski definition) is 2. The van der Waals surface area contributed by atoms with Gasteiger partial charge in [0.1, 0.15) is 0 Å². The predicted octanol–water partition coefficient (Wildman–Crippen LogP) is 1.96. The number of nitrogens with zero attached hydrogens (tertiary/aromatic N) is 1. The molecule has 0 aromatic rings. The molecule has 2 nitrogen and oxygen atoms in total. The molecule has 2 heteroatoms. The first-order valence-electron chi connectivity index (χ1n) is 5.43. The molecule has 80 valence electrons. The lowest BCUT2D eigenvalue weighted by Crippen LogP contribution is -2.42. The van der Waals surface area contributed by atoms with Crippen molar-refractivity contribution in [1.82, 2.24) is 10.2 Å². The molecule has 0 saturated carbocycles. The van der Waals surface area contributed by atoms with Crippen molar-refractivity contribution in [3.8, 4) is 0 Å². The van der Waals surface area contributed by atoms with E-state index in [1.807, 2.05) is 0 Å². The van der Waals surface area contributed by atoms with E-state index in [1.165, 1.54) is 0 Å². The Hall–Kier alpha value is -0.0800. The third-order valence-corrected chi connectivity index (χ3v) is 3.00. The molecule has 0 aromatic carbocycles. The van der Waals surface area contributed by atoms with Crippen molar-refractivity contribution in [2.24, 2.45) is 5.92 Å². The molecule has 0 aliphatic rings. The van der Waals surface area contributed by atoms with Gasteiger partial charge in [0, 0.05) is 12.1 Å². The first-order chi connectivity index (χ1) is 6.00. The fourth-order valence-electron chi connectivity index (χ4n) is 1.41. The fraction of sp³-hybridized carbons (Fsp3) is 1.00. The average Bonchev–Trinajstić information content (AvgIpc) is 2.11. The maximum Gasteiger partial charge on any atom is 0.0104 e. The van der Waals surface area contributed by atoms with Gasteiger partial charge in [-0.25, -0.2) is 0 Å². The van der Waals surface area contributed by atoms with Gasteiger partial charge in [-0.15, -0.1) is 0 Å². The Kier molecular flexibility index (Phi) is 6.35. The van der Waals surface area contributed by atoms with Crippen molar-refractivity contribution in [2.75, 3.05) is 20.1 Å². The molecular formula is C11H26N2. The monoisotopic (exact) mass is 186 g/mol. The molecule has 0 spiro atoms. The van der Waals surface area contributed by atoms with E-state index in [-0.39, 0.29) is 0 Å². The summed E-state index contributed by atoms with van der Waals surface area (Å²) in [7, 11) is 2.21. The van der Waals surface area contributed by atoms with Crippen LogP contribution in [0.2, 0.25) is 0 Å². The van der Waals surface area contributed by atoms with E-state index in [2.05, 4.69) is 51.9 Å². The van der Waals surface area contributed by atoms with Crippen molar-refractivity contribution >= 4 is 0 Å². The van der Waals surface area contributed by atoms with Gasteiger partial charge in [0.15, 0.2) is 0 Å². The zero-order valence-corrected chi connectivity index (χ0v) is 10.1. The lowest BCUT2D eigenvalue weighted by molar-refractivity contribution is 0.159. The van der Waals surface area contributed by atoms with Gasteiger partial charge >= 0.3 is 0 Å². The number of nitrogens with one attached hydrogen (secondary N) is 1. The summed E-state index contributed by atoms with van der Waals surface area (Å²) in [5.41, 5.74) is 0. The zero-order valence-electron chi connectivity index (χ0n) is 10.1. The zero-order chi connectivity index (χ0) is 10.4. The minimum absolute atomic E-state index is 0.638. The van der Waals surface area contributed by atoms with Gasteiger partial charge < -0.3 is 10.2 Å². The molecule has 13 heavy (non-hydrogen) atoms. The summed E-state index contributed by atoms with van der Waals surface area (Å²) in [6.07, 6.45) is 0. The summed E-state index contributed by atoms with van der Waals surface area (Å²) in [4.78, 5) is 2.43. The molecule has 0 fully saturated rings. The summed E-state index contributed by atoms with van der Waals surface area (Å²) in [6, 6.07) is 1.29. The molecule has 0 aliphatic carbocycles. The Balaban J connectivity index is 3.86. The van der Waals surface area contributed by atoms with Gasteiger partial charge in [-0.2, -0.15) is 0 Å². The highest BCUT2D eigenvalue weighted by molar-refractivity contribution is 4.73. The van der Waals surface area contributed by atoms with Crippen molar-refractivity contribution in [1.29, 1.82) is 0 Å². The fourth-order valence-corrected chi connectivity index (χ4v) is 1.41. The van der Waals surface area contributed by atoms with Crippen molar-refractivity contribution < 1.29 is 0 Å². The van der Waals surface area contributed by atoms with Crippen molar-refractivity contribution in [3.05, 3.63) is 0 Å². The van der Waals surface area contributed by atoms with Crippen LogP contribution in [0.1, 0.15) is 34.6 Å². The van der Waals surface area contributed by atoms with Crippen LogP contribution in [-0.4, -0.2) is 37.1 Å². The van der Waals surface area contributed by atoms with Crippen LogP contribution in [0.3, 0.4) is 0 Å².